The summed E-state index contributed by atoms with van der Waals surface area (Å²) in [4.78, 5) is 20.8. The summed E-state index contributed by atoms with van der Waals surface area (Å²) in [6.45, 7) is 3.58. The third kappa shape index (κ3) is 1.42. The average Bonchev–Trinajstić information content (AvgIpc) is 2.03. The number of aryl methyl sites for hydroxylation is 2. The summed E-state index contributed by atoms with van der Waals surface area (Å²) in [7, 11) is 0. The first-order valence-electron chi connectivity index (χ1n) is 3.63. The van der Waals surface area contributed by atoms with Crippen molar-refractivity contribution >= 4 is 12.6 Å². The van der Waals surface area contributed by atoms with E-state index in [0.717, 1.165) is 17.4 Å². The monoisotopic (exact) mass is 161 g/mol. The molecule has 0 bridgehead atoms. The summed E-state index contributed by atoms with van der Waals surface area (Å²) in [5, 5.41) is 0. The molecule has 0 atom stereocenters. The Morgan fingerprint density at radius 2 is 1.75 bits per heavy atom. The van der Waals surface area contributed by atoms with Gasteiger partial charge in [0.05, 0.1) is 0 Å². The van der Waals surface area contributed by atoms with Crippen molar-refractivity contribution < 1.29 is 9.59 Å². The zero-order valence-corrected chi connectivity index (χ0v) is 7.05. The molecule has 0 heterocycles. The van der Waals surface area contributed by atoms with Gasteiger partial charge in [-0.1, -0.05) is 0 Å². The molecule has 2 heteroatoms. The maximum atomic E-state index is 10.4. The highest BCUT2D eigenvalue weighted by Gasteiger charge is 2.03. The summed E-state index contributed by atoms with van der Waals surface area (Å²) in [6, 6.07) is 3.36. The summed E-state index contributed by atoms with van der Waals surface area (Å²) < 4.78 is 0. The van der Waals surface area contributed by atoms with E-state index in [-0.39, 0.29) is 0 Å². The molecule has 1 radical (unpaired) electrons. The Bertz CT molecular complexity index is 304. The first kappa shape index (κ1) is 8.65. The van der Waals surface area contributed by atoms with E-state index in [2.05, 4.69) is 0 Å². The maximum Gasteiger partial charge on any atom is 0.234 e. The van der Waals surface area contributed by atoms with E-state index in [1.807, 2.05) is 6.29 Å². The molecule has 0 aliphatic carbocycles. The van der Waals surface area contributed by atoms with Crippen LogP contribution < -0.4 is 0 Å². The quantitative estimate of drug-likeness (QED) is 0.617. The zero-order chi connectivity index (χ0) is 9.14. The standard InChI is InChI=1S/C10H9O2/c1-7-3-9(5-11)4-8(2)10(7)6-12/h3-5H,1-2H3. The van der Waals surface area contributed by atoms with E-state index in [4.69, 9.17) is 0 Å². The highest BCUT2D eigenvalue weighted by Crippen LogP contribution is 2.13. The molecule has 0 aromatic heterocycles. The third-order valence-corrected chi connectivity index (χ3v) is 1.79. The Morgan fingerprint density at radius 3 is 2.08 bits per heavy atom. The fraction of sp³-hybridized carbons (Fsp3) is 0.200. The van der Waals surface area contributed by atoms with Gasteiger partial charge in [-0.25, -0.2) is 0 Å². The van der Waals surface area contributed by atoms with Crippen LogP contribution >= 0.6 is 0 Å². The highest BCUT2D eigenvalue weighted by atomic mass is 16.1. The number of carbonyl (C=O) groups is 1. The minimum atomic E-state index is 0.556. The minimum Gasteiger partial charge on any atom is -0.298 e. The van der Waals surface area contributed by atoms with Crippen LogP contribution in [0.15, 0.2) is 12.1 Å². The fourth-order valence-electron chi connectivity index (χ4n) is 1.23. The summed E-state index contributed by atoms with van der Waals surface area (Å²) in [5.74, 6) is 0. The number of aldehydes is 1. The number of carbonyl (C=O) groups excluding carboxylic acids is 2. The predicted molar refractivity (Wildman–Crippen MR) is 46.1 cm³/mol. The van der Waals surface area contributed by atoms with Gasteiger partial charge in [0.15, 0.2) is 0 Å². The van der Waals surface area contributed by atoms with Gasteiger partial charge in [-0.3, -0.25) is 9.59 Å². The van der Waals surface area contributed by atoms with Gasteiger partial charge >= 0.3 is 0 Å². The Hall–Kier alpha value is -1.44. The van der Waals surface area contributed by atoms with Crippen LogP contribution in [0.5, 0.6) is 0 Å². The van der Waals surface area contributed by atoms with Crippen molar-refractivity contribution in [3.63, 3.8) is 0 Å². The van der Waals surface area contributed by atoms with Crippen molar-refractivity contribution in [3.05, 3.63) is 34.4 Å². The molecule has 0 fully saturated rings. The molecule has 61 valence electrons. The molecule has 0 saturated carbocycles. The normalized spacial score (nSPS) is 9.50. The molecule has 12 heavy (non-hydrogen) atoms. The minimum absolute atomic E-state index is 0.556. The lowest BCUT2D eigenvalue weighted by molar-refractivity contribution is 0.112. The highest BCUT2D eigenvalue weighted by molar-refractivity contribution is 5.84. The smallest absolute Gasteiger partial charge is 0.234 e. The number of benzene rings is 1. The molecular weight excluding hydrogens is 152 g/mol. The van der Waals surface area contributed by atoms with E-state index in [1.165, 1.54) is 0 Å². The SMILES string of the molecule is Cc1cc(C=O)cc(C)c1[C]=O. The summed E-state index contributed by atoms with van der Waals surface area (Å²) in [6.07, 6.45) is 2.62. The van der Waals surface area contributed by atoms with E-state index in [1.54, 1.807) is 26.0 Å². The van der Waals surface area contributed by atoms with Crippen LogP contribution in [0.2, 0.25) is 0 Å². The molecule has 0 unspecified atom stereocenters. The van der Waals surface area contributed by atoms with Gasteiger partial charge in [-0.05, 0) is 37.1 Å². The number of rotatable bonds is 2. The average molecular weight is 161 g/mol. The van der Waals surface area contributed by atoms with Gasteiger partial charge < -0.3 is 0 Å². The molecule has 2 nitrogen and oxygen atoms in total. The Balaban J connectivity index is 3.36. The van der Waals surface area contributed by atoms with Gasteiger partial charge in [0.2, 0.25) is 6.29 Å². The molecule has 0 amide bonds. The van der Waals surface area contributed by atoms with Gasteiger partial charge in [-0.2, -0.15) is 0 Å². The third-order valence-electron chi connectivity index (χ3n) is 1.79. The zero-order valence-electron chi connectivity index (χ0n) is 7.05. The van der Waals surface area contributed by atoms with E-state index in [0.29, 0.717) is 11.1 Å². The van der Waals surface area contributed by atoms with Crippen molar-refractivity contribution in [2.75, 3.05) is 0 Å². The lowest BCUT2D eigenvalue weighted by Gasteiger charge is -2.02. The largest absolute Gasteiger partial charge is 0.298 e. The topological polar surface area (TPSA) is 34.1 Å². The molecule has 1 aromatic rings. The maximum absolute atomic E-state index is 10.4. The van der Waals surface area contributed by atoms with Crippen LogP contribution in [-0.4, -0.2) is 12.6 Å². The molecule has 0 aliphatic rings. The van der Waals surface area contributed by atoms with E-state index in [9.17, 15) is 9.59 Å². The van der Waals surface area contributed by atoms with Crippen LogP contribution in [0.1, 0.15) is 27.0 Å². The van der Waals surface area contributed by atoms with Crippen LogP contribution in [-0.2, 0) is 4.79 Å². The van der Waals surface area contributed by atoms with Crippen molar-refractivity contribution in [1.82, 2.24) is 0 Å². The summed E-state index contributed by atoms with van der Waals surface area (Å²) >= 11 is 0. The second kappa shape index (κ2) is 3.30. The number of hydrogen-bond acceptors (Lipinski definition) is 2. The second-order valence-corrected chi connectivity index (χ2v) is 2.75. The van der Waals surface area contributed by atoms with Crippen LogP contribution in [0.25, 0.3) is 0 Å². The van der Waals surface area contributed by atoms with Gasteiger partial charge in [0.1, 0.15) is 6.29 Å². The van der Waals surface area contributed by atoms with Crippen LogP contribution in [0.4, 0.5) is 0 Å². The van der Waals surface area contributed by atoms with Crippen LogP contribution in [0, 0.1) is 13.8 Å². The van der Waals surface area contributed by atoms with Crippen molar-refractivity contribution in [3.8, 4) is 0 Å². The first-order chi connectivity index (χ1) is 5.69. The van der Waals surface area contributed by atoms with E-state index >= 15 is 0 Å². The van der Waals surface area contributed by atoms with E-state index < -0.39 is 0 Å². The van der Waals surface area contributed by atoms with Crippen molar-refractivity contribution in [2.45, 2.75) is 13.8 Å². The molecule has 1 rings (SSSR count). The van der Waals surface area contributed by atoms with Gasteiger partial charge in [0, 0.05) is 11.1 Å². The first-order valence-corrected chi connectivity index (χ1v) is 3.63. The Morgan fingerprint density at radius 1 is 1.25 bits per heavy atom. The Kier molecular flexibility index (Phi) is 2.38. The molecule has 1 aromatic carbocycles. The van der Waals surface area contributed by atoms with Gasteiger partial charge in [-0.15, -0.1) is 0 Å². The molecule has 0 saturated heterocycles. The van der Waals surface area contributed by atoms with Crippen molar-refractivity contribution in [1.29, 1.82) is 0 Å². The molecule has 0 aliphatic heterocycles. The van der Waals surface area contributed by atoms with Crippen LogP contribution in [0.3, 0.4) is 0 Å². The predicted octanol–water partition coefficient (Wildman–Crippen LogP) is 1.57. The molecule has 0 N–H and O–H groups in total. The fourth-order valence-corrected chi connectivity index (χ4v) is 1.23. The van der Waals surface area contributed by atoms with Crippen molar-refractivity contribution in [2.24, 2.45) is 0 Å². The lowest BCUT2D eigenvalue weighted by Crippen LogP contribution is -1.94. The van der Waals surface area contributed by atoms with Gasteiger partial charge in [0.25, 0.3) is 0 Å². The second-order valence-electron chi connectivity index (χ2n) is 2.75. The molecule has 0 spiro atoms. The molecular formula is C10H9O2. The summed E-state index contributed by atoms with van der Waals surface area (Å²) in [5.41, 5.74) is 2.75. The lowest BCUT2D eigenvalue weighted by atomic mass is 10.0. The number of hydrogen-bond donors (Lipinski definition) is 0. The Labute approximate surface area is 71.2 Å².